The van der Waals surface area contributed by atoms with E-state index in [-0.39, 0.29) is 5.78 Å². The van der Waals surface area contributed by atoms with E-state index in [0.717, 1.165) is 49.7 Å². The van der Waals surface area contributed by atoms with Crippen molar-refractivity contribution in [1.29, 1.82) is 0 Å². The Morgan fingerprint density at radius 2 is 1.71 bits per heavy atom. The van der Waals surface area contributed by atoms with Crippen LogP contribution in [0.1, 0.15) is 47.8 Å². The lowest BCUT2D eigenvalue weighted by molar-refractivity contribution is -0.152. The number of pyridine rings is 1. The number of ether oxygens (including phenoxy) is 1. The van der Waals surface area contributed by atoms with E-state index in [1.165, 1.54) is 5.56 Å². The van der Waals surface area contributed by atoms with Crippen LogP contribution in [0, 0.1) is 13.8 Å². The molecule has 1 saturated heterocycles. The minimum atomic E-state index is -1.27. The number of anilines is 1. The van der Waals surface area contributed by atoms with Gasteiger partial charge in [0.2, 0.25) is 0 Å². The normalized spacial score (nSPS) is 15.1. The number of nitrogens with zero attached hydrogens (tertiary/aromatic N) is 3. The zero-order valence-electron chi connectivity index (χ0n) is 18.9. The van der Waals surface area contributed by atoms with Gasteiger partial charge in [0, 0.05) is 44.5 Å². The van der Waals surface area contributed by atoms with E-state index in [4.69, 9.17) is 4.74 Å². The molecule has 0 unspecified atom stereocenters. The Morgan fingerprint density at radius 1 is 1.10 bits per heavy atom. The number of carbonyl (C=O) groups is 2. The van der Waals surface area contributed by atoms with Crippen LogP contribution in [0.3, 0.4) is 0 Å². The van der Waals surface area contributed by atoms with Gasteiger partial charge < -0.3 is 14.7 Å². The lowest BCUT2D eigenvalue weighted by Crippen LogP contribution is -2.46. The second kappa shape index (κ2) is 9.06. The van der Waals surface area contributed by atoms with Gasteiger partial charge in [0.1, 0.15) is 11.6 Å². The molecule has 0 amide bonds. The number of piperazine rings is 1. The zero-order chi connectivity index (χ0) is 22.8. The third-order valence-corrected chi connectivity index (χ3v) is 5.65. The van der Waals surface area contributed by atoms with Gasteiger partial charge in [0.25, 0.3) is 0 Å². The molecule has 0 radical (unpaired) electrons. The van der Waals surface area contributed by atoms with E-state index in [9.17, 15) is 14.7 Å². The molecule has 0 atom stereocenters. The molecule has 1 N–H and O–H groups in total. The molecule has 0 aliphatic carbocycles. The number of carbonyl (C=O) groups excluding carboxylic acids is 1. The van der Waals surface area contributed by atoms with E-state index >= 15 is 0 Å². The van der Waals surface area contributed by atoms with E-state index in [0.29, 0.717) is 11.3 Å². The Balaban J connectivity index is 1.61. The van der Waals surface area contributed by atoms with Gasteiger partial charge in [-0.05, 0) is 63.4 Å². The maximum Gasteiger partial charge on any atom is 0.347 e. The number of aromatic nitrogens is 1. The average molecular weight is 426 g/mol. The Morgan fingerprint density at radius 3 is 2.19 bits per heavy atom. The monoisotopic (exact) mass is 425 g/mol. The van der Waals surface area contributed by atoms with Crippen LogP contribution in [0.15, 0.2) is 30.5 Å². The summed E-state index contributed by atoms with van der Waals surface area (Å²) >= 11 is 0. The molecule has 1 aliphatic rings. The molecule has 2 heterocycles. The second-order valence-electron chi connectivity index (χ2n) is 8.70. The number of carboxylic acid groups (broad SMARTS) is 1. The first kappa shape index (κ1) is 22.7. The molecular formula is C24H31N3O4. The second-order valence-corrected chi connectivity index (χ2v) is 8.70. The van der Waals surface area contributed by atoms with Crippen molar-refractivity contribution in [1.82, 2.24) is 9.88 Å². The first-order chi connectivity index (χ1) is 14.6. The zero-order valence-corrected chi connectivity index (χ0v) is 18.9. The standard InChI is InChI=1S/C24H31N3O4/c1-16-12-19(13-17(2)22(16)31-24(4,5)23(29)30)15-26-8-10-27(11-9-26)21-7-6-20(14-25-21)18(3)28/h6-7,12-14H,8-11,15H2,1-5H3,(H,29,30). The molecule has 7 heteroatoms. The quantitative estimate of drug-likeness (QED) is 0.680. The van der Waals surface area contributed by atoms with E-state index < -0.39 is 11.6 Å². The molecule has 7 nitrogen and oxygen atoms in total. The Bertz CT molecular complexity index is 938. The summed E-state index contributed by atoms with van der Waals surface area (Å²) in [7, 11) is 0. The van der Waals surface area contributed by atoms with E-state index in [2.05, 4.69) is 26.9 Å². The molecule has 166 valence electrons. The fourth-order valence-electron chi connectivity index (χ4n) is 3.77. The average Bonchev–Trinajstić information content (AvgIpc) is 2.71. The molecule has 3 rings (SSSR count). The summed E-state index contributed by atoms with van der Waals surface area (Å²) in [6, 6.07) is 7.90. The number of rotatable bonds is 7. The van der Waals surface area contributed by atoms with Crippen LogP contribution in [0.5, 0.6) is 5.75 Å². The molecule has 0 bridgehead atoms. The lowest BCUT2D eigenvalue weighted by atomic mass is 10.0. The van der Waals surface area contributed by atoms with E-state index in [1.54, 1.807) is 27.0 Å². The van der Waals surface area contributed by atoms with Gasteiger partial charge in [0.05, 0.1) is 0 Å². The highest BCUT2D eigenvalue weighted by molar-refractivity contribution is 5.93. The number of carboxylic acids is 1. The summed E-state index contributed by atoms with van der Waals surface area (Å²) in [4.78, 5) is 31.9. The highest BCUT2D eigenvalue weighted by Gasteiger charge is 2.30. The summed E-state index contributed by atoms with van der Waals surface area (Å²) in [6.45, 7) is 13.0. The number of benzene rings is 1. The number of Topliss-reactive ketones (excluding diaryl/α,β-unsaturated/α-hetero) is 1. The predicted octanol–water partition coefficient (Wildman–Crippen LogP) is 3.47. The van der Waals surface area contributed by atoms with E-state index in [1.807, 2.05) is 26.0 Å². The van der Waals surface area contributed by atoms with Crippen LogP contribution in [0.4, 0.5) is 5.82 Å². The van der Waals surface area contributed by atoms with Crippen molar-refractivity contribution in [3.8, 4) is 5.75 Å². The summed E-state index contributed by atoms with van der Waals surface area (Å²) < 4.78 is 5.81. The van der Waals surface area contributed by atoms with Crippen molar-refractivity contribution >= 4 is 17.6 Å². The number of ketones is 1. The Hall–Kier alpha value is -2.93. The largest absolute Gasteiger partial charge is 0.478 e. The van der Waals surface area contributed by atoms with Crippen LogP contribution in [-0.2, 0) is 11.3 Å². The molecular weight excluding hydrogens is 394 g/mol. The predicted molar refractivity (Wildman–Crippen MR) is 120 cm³/mol. The van der Waals surface area contributed by atoms with Gasteiger partial charge in [-0.1, -0.05) is 12.1 Å². The summed E-state index contributed by atoms with van der Waals surface area (Å²) in [5.41, 5.74) is 2.43. The maximum absolute atomic E-state index is 11.4. The minimum absolute atomic E-state index is 0.0254. The number of hydrogen-bond donors (Lipinski definition) is 1. The van der Waals surface area contributed by atoms with Gasteiger partial charge in [-0.3, -0.25) is 9.69 Å². The van der Waals surface area contributed by atoms with Crippen molar-refractivity contribution in [2.45, 2.75) is 46.8 Å². The molecule has 1 fully saturated rings. The lowest BCUT2D eigenvalue weighted by Gasteiger charge is -2.35. The van der Waals surface area contributed by atoms with Crippen molar-refractivity contribution in [2.24, 2.45) is 0 Å². The smallest absolute Gasteiger partial charge is 0.347 e. The van der Waals surface area contributed by atoms with Gasteiger partial charge in [-0.25, -0.2) is 9.78 Å². The van der Waals surface area contributed by atoms with Crippen LogP contribution < -0.4 is 9.64 Å². The highest BCUT2D eigenvalue weighted by Crippen LogP contribution is 2.29. The van der Waals surface area contributed by atoms with Crippen molar-refractivity contribution < 1.29 is 19.4 Å². The number of aliphatic carboxylic acids is 1. The summed E-state index contributed by atoms with van der Waals surface area (Å²) in [5, 5.41) is 9.34. The molecule has 2 aromatic rings. The first-order valence-electron chi connectivity index (χ1n) is 10.5. The van der Waals surface area contributed by atoms with Crippen molar-refractivity contribution in [3.05, 3.63) is 52.7 Å². The fourth-order valence-corrected chi connectivity index (χ4v) is 3.77. The van der Waals surface area contributed by atoms with Crippen LogP contribution in [-0.4, -0.2) is 58.5 Å². The topological polar surface area (TPSA) is 83.0 Å². The third kappa shape index (κ3) is 5.41. The van der Waals surface area contributed by atoms with Crippen LogP contribution in [0.2, 0.25) is 0 Å². The number of hydrogen-bond acceptors (Lipinski definition) is 6. The minimum Gasteiger partial charge on any atom is -0.478 e. The summed E-state index contributed by atoms with van der Waals surface area (Å²) in [6.07, 6.45) is 1.64. The first-order valence-corrected chi connectivity index (χ1v) is 10.5. The van der Waals surface area contributed by atoms with Gasteiger partial charge in [-0.2, -0.15) is 0 Å². The number of aryl methyl sites for hydroxylation is 2. The van der Waals surface area contributed by atoms with Crippen LogP contribution in [0.25, 0.3) is 0 Å². The maximum atomic E-state index is 11.4. The van der Waals surface area contributed by atoms with Crippen molar-refractivity contribution in [3.63, 3.8) is 0 Å². The summed E-state index contributed by atoms with van der Waals surface area (Å²) in [5.74, 6) is 0.580. The molecule has 1 aromatic heterocycles. The molecule has 0 spiro atoms. The SMILES string of the molecule is CC(=O)c1ccc(N2CCN(Cc3cc(C)c(OC(C)(C)C(=O)O)c(C)c3)CC2)nc1. The Labute approximate surface area is 183 Å². The Kier molecular flexibility index (Phi) is 6.65. The molecule has 1 aliphatic heterocycles. The molecule has 31 heavy (non-hydrogen) atoms. The molecule has 1 aromatic carbocycles. The highest BCUT2D eigenvalue weighted by atomic mass is 16.5. The molecule has 0 saturated carbocycles. The van der Waals surface area contributed by atoms with Gasteiger partial charge >= 0.3 is 5.97 Å². The van der Waals surface area contributed by atoms with Gasteiger partial charge in [-0.15, -0.1) is 0 Å². The van der Waals surface area contributed by atoms with Crippen molar-refractivity contribution in [2.75, 3.05) is 31.1 Å². The third-order valence-electron chi connectivity index (χ3n) is 5.65. The van der Waals surface area contributed by atoms with Crippen LogP contribution >= 0.6 is 0 Å². The van der Waals surface area contributed by atoms with Gasteiger partial charge in [0.15, 0.2) is 11.4 Å². The fraction of sp³-hybridized carbons (Fsp3) is 0.458.